The van der Waals surface area contributed by atoms with E-state index in [1.807, 2.05) is 0 Å². The maximum atomic E-state index is 13.1. The minimum atomic E-state index is -3.78. The summed E-state index contributed by atoms with van der Waals surface area (Å²) in [6, 6.07) is 1.51. The molecular formula is C11H13FN2O2S. The standard InChI is InChI=1S/C11H13FN2O2S/c1-4-8(3)14-17(15,16)11-6-10(13)9(12)5-7(11)2/h1,5-6,8,14H,13H2,2-3H3. The van der Waals surface area contributed by atoms with E-state index in [9.17, 15) is 12.8 Å². The monoisotopic (exact) mass is 256 g/mol. The molecule has 0 saturated heterocycles. The number of aryl methyl sites for hydroxylation is 1. The van der Waals surface area contributed by atoms with Gasteiger partial charge in [0.25, 0.3) is 0 Å². The number of anilines is 1. The van der Waals surface area contributed by atoms with Crippen molar-refractivity contribution in [1.82, 2.24) is 4.72 Å². The van der Waals surface area contributed by atoms with Gasteiger partial charge in [0, 0.05) is 0 Å². The summed E-state index contributed by atoms with van der Waals surface area (Å²) in [6.45, 7) is 3.01. The zero-order chi connectivity index (χ0) is 13.2. The molecule has 17 heavy (non-hydrogen) atoms. The Balaban J connectivity index is 3.26. The van der Waals surface area contributed by atoms with Gasteiger partial charge in [-0.1, -0.05) is 5.92 Å². The van der Waals surface area contributed by atoms with E-state index >= 15 is 0 Å². The third-order valence-corrected chi connectivity index (χ3v) is 3.85. The molecule has 3 N–H and O–H groups in total. The Bertz CT molecular complexity index is 576. The summed E-state index contributed by atoms with van der Waals surface area (Å²) in [5.74, 6) is 1.59. The van der Waals surface area contributed by atoms with Crippen molar-refractivity contribution in [3.05, 3.63) is 23.5 Å². The van der Waals surface area contributed by atoms with Crippen LogP contribution in [0.3, 0.4) is 0 Å². The fraction of sp³-hybridized carbons (Fsp3) is 0.273. The average molecular weight is 256 g/mol. The van der Waals surface area contributed by atoms with E-state index in [1.54, 1.807) is 0 Å². The smallest absolute Gasteiger partial charge is 0.241 e. The summed E-state index contributed by atoms with van der Waals surface area (Å²) < 4.78 is 39.2. The van der Waals surface area contributed by atoms with E-state index in [0.29, 0.717) is 0 Å². The quantitative estimate of drug-likeness (QED) is 0.626. The number of hydrogen-bond acceptors (Lipinski definition) is 3. The highest BCUT2D eigenvalue weighted by Gasteiger charge is 2.20. The van der Waals surface area contributed by atoms with Crippen LogP contribution < -0.4 is 10.5 Å². The van der Waals surface area contributed by atoms with Gasteiger partial charge in [-0.25, -0.2) is 12.8 Å². The van der Waals surface area contributed by atoms with Gasteiger partial charge in [-0.15, -0.1) is 6.42 Å². The molecule has 1 unspecified atom stereocenters. The Kier molecular flexibility index (Phi) is 3.76. The van der Waals surface area contributed by atoms with Crippen molar-refractivity contribution >= 4 is 15.7 Å². The highest BCUT2D eigenvalue weighted by atomic mass is 32.2. The Morgan fingerprint density at radius 2 is 2.12 bits per heavy atom. The van der Waals surface area contributed by atoms with E-state index in [4.69, 9.17) is 12.2 Å². The maximum absolute atomic E-state index is 13.1. The van der Waals surface area contributed by atoms with Gasteiger partial charge >= 0.3 is 0 Å². The van der Waals surface area contributed by atoms with E-state index < -0.39 is 21.9 Å². The van der Waals surface area contributed by atoms with Crippen LogP contribution in [-0.2, 0) is 10.0 Å². The number of benzene rings is 1. The third kappa shape index (κ3) is 2.96. The minimum Gasteiger partial charge on any atom is -0.396 e. The topological polar surface area (TPSA) is 72.2 Å². The summed E-state index contributed by atoms with van der Waals surface area (Å²) in [7, 11) is -3.78. The van der Waals surface area contributed by atoms with Crippen molar-refractivity contribution in [2.24, 2.45) is 0 Å². The molecule has 0 aliphatic heterocycles. The molecule has 0 bridgehead atoms. The molecular weight excluding hydrogens is 243 g/mol. The zero-order valence-corrected chi connectivity index (χ0v) is 10.3. The van der Waals surface area contributed by atoms with E-state index in [1.165, 1.54) is 13.8 Å². The second-order valence-electron chi connectivity index (χ2n) is 3.65. The van der Waals surface area contributed by atoms with Gasteiger partial charge in [-0.05, 0) is 31.5 Å². The minimum absolute atomic E-state index is 0.0708. The molecule has 4 nitrogen and oxygen atoms in total. The van der Waals surface area contributed by atoms with Crippen LogP contribution in [0.1, 0.15) is 12.5 Å². The van der Waals surface area contributed by atoms with Gasteiger partial charge in [0.15, 0.2) is 0 Å². The van der Waals surface area contributed by atoms with Gasteiger partial charge in [0.05, 0.1) is 16.6 Å². The number of nitrogens with two attached hydrogens (primary N) is 1. The normalized spacial score (nSPS) is 13.1. The molecule has 1 aromatic rings. The first-order chi connectivity index (χ1) is 7.77. The van der Waals surface area contributed by atoms with Gasteiger partial charge in [-0.3, -0.25) is 0 Å². The largest absolute Gasteiger partial charge is 0.396 e. The molecule has 6 heteroatoms. The molecule has 0 saturated carbocycles. The number of nitrogens with one attached hydrogen (secondary N) is 1. The number of halogens is 1. The number of sulfonamides is 1. The predicted molar refractivity (Wildman–Crippen MR) is 64.2 cm³/mol. The van der Waals surface area contributed by atoms with Crippen molar-refractivity contribution in [3.63, 3.8) is 0 Å². The van der Waals surface area contributed by atoms with Crippen LogP contribution in [0, 0.1) is 25.1 Å². The molecule has 0 aromatic heterocycles. The summed E-state index contributed by atoms with van der Waals surface area (Å²) in [4.78, 5) is -0.0708. The highest BCUT2D eigenvalue weighted by molar-refractivity contribution is 7.89. The zero-order valence-electron chi connectivity index (χ0n) is 9.49. The van der Waals surface area contributed by atoms with Gasteiger partial charge in [-0.2, -0.15) is 4.72 Å². The van der Waals surface area contributed by atoms with Crippen LogP contribution >= 0.6 is 0 Å². The lowest BCUT2D eigenvalue weighted by Gasteiger charge is -2.12. The molecule has 0 amide bonds. The van der Waals surface area contributed by atoms with E-state index in [2.05, 4.69) is 10.6 Å². The van der Waals surface area contributed by atoms with Gasteiger partial charge in [0.1, 0.15) is 5.82 Å². The molecule has 0 fully saturated rings. The molecule has 0 aliphatic carbocycles. The molecule has 0 heterocycles. The molecule has 0 aliphatic rings. The van der Waals surface area contributed by atoms with Crippen molar-refractivity contribution in [3.8, 4) is 12.3 Å². The molecule has 92 valence electrons. The van der Waals surface area contributed by atoms with Crippen LogP contribution in [0.15, 0.2) is 17.0 Å². The lowest BCUT2D eigenvalue weighted by molar-refractivity contribution is 0.576. The van der Waals surface area contributed by atoms with Gasteiger partial charge in [0.2, 0.25) is 10.0 Å². The van der Waals surface area contributed by atoms with Crippen LogP contribution in [0.4, 0.5) is 10.1 Å². The van der Waals surface area contributed by atoms with E-state index in [0.717, 1.165) is 12.1 Å². The maximum Gasteiger partial charge on any atom is 0.241 e. The number of hydrogen-bond donors (Lipinski definition) is 2. The van der Waals surface area contributed by atoms with Gasteiger partial charge < -0.3 is 5.73 Å². The van der Waals surface area contributed by atoms with Crippen LogP contribution in [-0.4, -0.2) is 14.5 Å². The number of terminal acetylenes is 1. The summed E-state index contributed by atoms with van der Waals surface area (Å²) in [5.41, 5.74) is 5.40. The Hall–Kier alpha value is -1.58. The van der Waals surface area contributed by atoms with Crippen LogP contribution in [0.2, 0.25) is 0 Å². The SMILES string of the molecule is C#CC(C)NS(=O)(=O)c1cc(N)c(F)cc1C. The fourth-order valence-electron chi connectivity index (χ4n) is 1.29. The Morgan fingerprint density at radius 1 is 1.53 bits per heavy atom. The number of nitrogen functional groups attached to an aromatic ring is 1. The Labute approximate surface area is 100 Å². The molecule has 0 radical (unpaired) electrons. The molecule has 1 atom stereocenters. The molecule has 0 spiro atoms. The van der Waals surface area contributed by atoms with E-state index in [-0.39, 0.29) is 16.1 Å². The van der Waals surface area contributed by atoms with Crippen molar-refractivity contribution in [2.45, 2.75) is 24.8 Å². The second kappa shape index (κ2) is 4.73. The second-order valence-corrected chi connectivity index (χ2v) is 5.33. The van der Waals surface area contributed by atoms with Crippen LogP contribution in [0.5, 0.6) is 0 Å². The van der Waals surface area contributed by atoms with Crippen molar-refractivity contribution in [1.29, 1.82) is 0 Å². The molecule has 1 rings (SSSR count). The third-order valence-electron chi connectivity index (χ3n) is 2.17. The first-order valence-corrected chi connectivity index (χ1v) is 6.30. The van der Waals surface area contributed by atoms with Crippen molar-refractivity contribution < 1.29 is 12.8 Å². The molecule has 1 aromatic carbocycles. The van der Waals surface area contributed by atoms with Crippen molar-refractivity contribution in [2.75, 3.05) is 5.73 Å². The summed E-state index contributed by atoms with van der Waals surface area (Å²) in [5, 5.41) is 0. The fourth-order valence-corrected chi connectivity index (χ4v) is 2.71. The summed E-state index contributed by atoms with van der Waals surface area (Å²) >= 11 is 0. The first kappa shape index (κ1) is 13.5. The lowest BCUT2D eigenvalue weighted by atomic mass is 10.2. The highest BCUT2D eigenvalue weighted by Crippen LogP contribution is 2.21. The lowest BCUT2D eigenvalue weighted by Crippen LogP contribution is -2.32. The number of rotatable bonds is 3. The summed E-state index contributed by atoms with van der Waals surface area (Å²) in [6.07, 6.45) is 5.09. The average Bonchev–Trinajstić information content (AvgIpc) is 2.22. The van der Waals surface area contributed by atoms with Crippen LogP contribution in [0.25, 0.3) is 0 Å². The Morgan fingerprint density at radius 3 is 2.65 bits per heavy atom. The first-order valence-electron chi connectivity index (χ1n) is 4.82. The predicted octanol–water partition coefficient (Wildman–Crippen LogP) is 1.02.